The molecule has 3 aromatic rings. The van der Waals surface area contributed by atoms with Crippen molar-refractivity contribution in [2.45, 2.75) is 24.5 Å². The van der Waals surface area contributed by atoms with Crippen LogP contribution in [0.3, 0.4) is 0 Å². The summed E-state index contributed by atoms with van der Waals surface area (Å²) in [5, 5.41) is 37.8. The van der Waals surface area contributed by atoms with Gasteiger partial charge >= 0.3 is 0 Å². The van der Waals surface area contributed by atoms with Gasteiger partial charge in [0.15, 0.2) is 17.5 Å². The van der Waals surface area contributed by atoms with Crippen LogP contribution in [0.5, 0.6) is 0 Å². The van der Waals surface area contributed by atoms with Crippen molar-refractivity contribution >= 4 is 16.7 Å². The van der Waals surface area contributed by atoms with E-state index >= 15 is 0 Å². The van der Waals surface area contributed by atoms with Crippen molar-refractivity contribution in [2.24, 2.45) is 0 Å². The quantitative estimate of drug-likeness (QED) is 0.498. The molecule has 0 aromatic carbocycles. The van der Waals surface area contributed by atoms with Crippen molar-refractivity contribution in [3.63, 3.8) is 0 Å². The Hall–Kier alpha value is -2.14. The highest BCUT2D eigenvalue weighted by atomic mass is 16.6. The molecule has 4 heterocycles. The van der Waals surface area contributed by atoms with E-state index in [-0.39, 0.29) is 0 Å². The van der Waals surface area contributed by atoms with Crippen molar-refractivity contribution in [1.29, 1.82) is 0 Å². The van der Waals surface area contributed by atoms with E-state index in [9.17, 15) is 10.2 Å². The Bertz CT molecular complexity index is 800. The van der Waals surface area contributed by atoms with Crippen LogP contribution < -0.4 is 0 Å². The highest BCUT2D eigenvalue weighted by molar-refractivity contribution is 5.88. The molecule has 1 fully saturated rings. The largest absolute Gasteiger partial charge is 0.394 e. The van der Waals surface area contributed by atoms with E-state index in [2.05, 4.69) is 20.2 Å². The molecule has 3 aromatic heterocycles. The number of hydrogen-bond acceptors (Lipinski definition) is 8. The maximum atomic E-state index is 10.1. The number of nitrogens with zero attached hydrogens (tertiary/aromatic N) is 6. The molecule has 0 radical (unpaired) electrons. The van der Waals surface area contributed by atoms with Crippen molar-refractivity contribution in [1.82, 2.24) is 29.4 Å². The highest BCUT2D eigenvalue weighted by Gasteiger charge is 2.44. The molecule has 4 atom stereocenters. The number of aliphatic hydroxyl groups is 3. The first-order valence-electron chi connectivity index (χ1n) is 6.34. The first kappa shape index (κ1) is 12.6. The smallest absolute Gasteiger partial charge is 0.181 e. The zero-order valence-electron chi connectivity index (χ0n) is 10.7. The summed E-state index contributed by atoms with van der Waals surface area (Å²) >= 11 is 0. The molecule has 1 aliphatic rings. The van der Waals surface area contributed by atoms with Gasteiger partial charge in [0, 0.05) is 0 Å². The summed E-state index contributed by atoms with van der Waals surface area (Å²) in [6.45, 7) is -0.393. The first-order chi connectivity index (χ1) is 10.2. The highest BCUT2D eigenvalue weighted by Crippen LogP contribution is 2.31. The second-order valence-electron chi connectivity index (χ2n) is 4.83. The van der Waals surface area contributed by atoms with Crippen molar-refractivity contribution in [3.05, 3.63) is 18.9 Å². The van der Waals surface area contributed by atoms with Crippen LogP contribution in [0.4, 0.5) is 0 Å². The fourth-order valence-corrected chi connectivity index (χ4v) is 2.55. The van der Waals surface area contributed by atoms with Gasteiger partial charge in [0.25, 0.3) is 0 Å². The van der Waals surface area contributed by atoms with Crippen LogP contribution in [0.2, 0.25) is 0 Å². The van der Waals surface area contributed by atoms with Gasteiger partial charge in [-0.25, -0.2) is 19.2 Å². The molecule has 0 amide bonds. The second-order valence-corrected chi connectivity index (χ2v) is 4.83. The van der Waals surface area contributed by atoms with Crippen LogP contribution in [-0.4, -0.2) is 69.6 Å². The number of fused-ring (bicyclic) bond motifs is 3. The maximum absolute atomic E-state index is 10.1. The monoisotopic (exact) mass is 292 g/mol. The molecule has 3 N–H and O–H groups in total. The van der Waals surface area contributed by atoms with E-state index in [1.807, 2.05) is 0 Å². The molecule has 0 saturated carbocycles. The number of aromatic nitrogens is 6. The van der Waals surface area contributed by atoms with Crippen LogP contribution in [0.1, 0.15) is 6.23 Å². The fraction of sp³-hybridized carbons (Fsp3) is 0.455. The summed E-state index contributed by atoms with van der Waals surface area (Å²) in [5.74, 6) is 0. The van der Waals surface area contributed by atoms with Gasteiger partial charge in [-0.2, -0.15) is 10.2 Å². The summed E-state index contributed by atoms with van der Waals surface area (Å²) < 4.78 is 8.32. The third-order valence-electron chi connectivity index (χ3n) is 3.63. The van der Waals surface area contributed by atoms with Crippen LogP contribution in [-0.2, 0) is 4.74 Å². The molecule has 1 saturated heterocycles. The minimum atomic E-state index is -1.21. The van der Waals surface area contributed by atoms with E-state index in [4.69, 9.17) is 9.84 Å². The molecular weight excluding hydrogens is 280 g/mol. The Balaban J connectivity index is 1.84. The van der Waals surface area contributed by atoms with Gasteiger partial charge in [-0.15, -0.1) is 0 Å². The molecule has 0 aliphatic carbocycles. The van der Waals surface area contributed by atoms with Gasteiger partial charge in [0.1, 0.15) is 31.0 Å². The molecule has 0 spiro atoms. The SMILES string of the molecule is OCC1OC(n2ncc3c2ncn2ncnc32)C(O)C1O. The molecule has 4 rings (SSSR count). The lowest BCUT2D eigenvalue weighted by Gasteiger charge is -2.15. The normalized spacial score (nSPS) is 29.7. The predicted molar refractivity (Wildman–Crippen MR) is 67.1 cm³/mol. The van der Waals surface area contributed by atoms with Crippen molar-refractivity contribution in [2.75, 3.05) is 6.61 Å². The molecule has 21 heavy (non-hydrogen) atoms. The topological polar surface area (TPSA) is 131 Å². The fourth-order valence-electron chi connectivity index (χ4n) is 2.55. The molecule has 10 heteroatoms. The second kappa shape index (κ2) is 4.43. The zero-order valence-corrected chi connectivity index (χ0v) is 10.7. The van der Waals surface area contributed by atoms with Gasteiger partial charge in [-0.1, -0.05) is 0 Å². The molecule has 110 valence electrons. The van der Waals surface area contributed by atoms with Crippen LogP contribution in [0.15, 0.2) is 18.9 Å². The third-order valence-corrected chi connectivity index (χ3v) is 3.63. The summed E-state index contributed by atoms with van der Waals surface area (Å²) in [6.07, 6.45) is 0.247. The Kier molecular flexibility index (Phi) is 2.65. The zero-order chi connectivity index (χ0) is 14.6. The van der Waals surface area contributed by atoms with Gasteiger partial charge in [0.2, 0.25) is 0 Å². The number of hydrogen-bond donors (Lipinski definition) is 3. The van der Waals surface area contributed by atoms with Gasteiger partial charge in [-0.05, 0) is 0 Å². The summed E-state index contributed by atoms with van der Waals surface area (Å²) in [6, 6.07) is 0. The minimum absolute atomic E-state index is 0.393. The van der Waals surface area contributed by atoms with Crippen molar-refractivity contribution < 1.29 is 20.1 Å². The van der Waals surface area contributed by atoms with Gasteiger partial charge in [-0.3, -0.25) is 0 Å². The summed E-state index contributed by atoms with van der Waals surface area (Å²) in [7, 11) is 0. The Labute approximate surface area is 117 Å². The molecular formula is C11H12N6O4. The predicted octanol–water partition coefficient (Wildman–Crippen LogP) is -1.91. The average Bonchev–Trinajstić information content (AvgIpc) is 3.17. The Morgan fingerprint density at radius 3 is 2.76 bits per heavy atom. The lowest BCUT2D eigenvalue weighted by atomic mass is 10.1. The lowest BCUT2D eigenvalue weighted by Crippen LogP contribution is -2.33. The van der Waals surface area contributed by atoms with E-state index in [0.717, 1.165) is 0 Å². The number of rotatable bonds is 2. The van der Waals surface area contributed by atoms with E-state index in [1.165, 1.54) is 21.9 Å². The van der Waals surface area contributed by atoms with Crippen LogP contribution in [0, 0.1) is 0 Å². The first-order valence-corrected chi connectivity index (χ1v) is 6.34. The van der Waals surface area contributed by atoms with Gasteiger partial charge in [0.05, 0.1) is 18.2 Å². The average molecular weight is 292 g/mol. The summed E-state index contributed by atoms with van der Waals surface area (Å²) in [4.78, 5) is 8.34. The minimum Gasteiger partial charge on any atom is -0.394 e. The van der Waals surface area contributed by atoms with Crippen LogP contribution in [0.25, 0.3) is 16.7 Å². The molecule has 10 nitrogen and oxygen atoms in total. The van der Waals surface area contributed by atoms with E-state index in [0.29, 0.717) is 16.7 Å². The van der Waals surface area contributed by atoms with E-state index in [1.54, 1.807) is 6.20 Å². The standard InChI is InChI=1S/C11H12N6O4/c18-2-6-7(19)8(20)11(21-6)17-10-5(1-14-17)9-12-3-15-16(9)4-13-10/h1,3-4,6-8,11,18-20H,2H2. The third kappa shape index (κ3) is 1.67. The van der Waals surface area contributed by atoms with E-state index < -0.39 is 31.1 Å². The molecule has 4 unspecified atom stereocenters. The Morgan fingerprint density at radius 1 is 1.14 bits per heavy atom. The number of aliphatic hydroxyl groups excluding tert-OH is 3. The lowest BCUT2D eigenvalue weighted by molar-refractivity contribution is -0.0566. The maximum Gasteiger partial charge on any atom is 0.181 e. The summed E-state index contributed by atoms with van der Waals surface area (Å²) in [5.41, 5.74) is 1.03. The molecule has 1 aliphatic heterocycles. The van der Waals surface area contributed by atoms with Crippen LogP contribution >= 0.6 is 0 Å². The van der Waals surface area contributed by atoms with Crippen molar-refractivity contribution in [3.8, 4) is 0 Å². The number of ether oxygens (including phenoxy) is 1. The molecule has 0 bridgehead atoms. The Morgan fingerprint density at radius 2 is 2.00 bits per heavy atom. The van der Waals surface area contributed by atoms with Gasteiger partial charge < -0.3 is 20.1 Å².